The second kappa shape index (κ2) is 5.67. The standard InChI is InChI=1S/C13H26N2O/c1-9(2)11(5)8-15-7-6-12(13(15)16)14-10(3)4/h9-12,14H,6-8H2,1-5H3. The summed E-state index contributed by atoms with van der Waals surface area (Å²) in [5.74, 6) is 1.52. The Labute approximate surface area is 99.6 Å². The second-order valence-electron chi connectivity index (χ2n) is 5.67. The number of rotatable bonds is 5. The largest absolute Gasteiger partial charge is 0.341 e. The summed E-state index contributed by atoms with van der Waals surface area (Å²) in [6.07, 6.45) is 0.960. The van der Waals surface area contributed by atoms with E-state index in [0.717, 1.165) is 19.5 Å². The van der Waals surface area contributed by atoms with Crippen LogP contribution in [0.25, 0.3) is 0 Å². The van der Waals surface area contributed by atoms with E-state index in [0.29, 0.717) is 23.8 Å². The van der Waals surface area contributed by atoms with Gasteiger partial charge in [-0.15, -0.1) is 0 Å². The van der Waals surface area contributed by atoms with Gasteiger partial charge in [-0.05, 0) is 18.3 Å². The Hall–Kier alpha value is -0.570. The third kappa shape index (κ3) is 3.48. The summed E-state index contributed by atoms with van der Waals surface area (Å²) in [4.78, 5) is 14.1. The first-order chi connectivity index (χ1) is 7.41. The zero-order chi connectivity index (χ0) is 12.3. The lowest BCUT2D eigenvalue weighted by Gasteiger charge is -2.24. The highest BCUT2D eigenvalue weighted by atomic mass is 16.2. The fourth-order valence-corrected chi connectivity index (χ4v) is 2.04. The Morgan fingerprint density at radius 3 is 2.44 bits per heavy atom. The van der Waals surface area contributed by atoms with E-state index in [2.05, 4.69) is 39.9 Å². The number of nitrogens with zero attached hydrogens (tertiary/aromatic N) is 1. The molecule has 1 aliphatic heterocycles. The van der Waals surface area contributed by atoms with Gasteiger partial charge in [-0.2, -0.15) is 0 Å². The molecule has 1 saturated heterocycles. The molecule has 1 rings (SSSR count). The van der Waals surface area contributed by atoms with Gasteiger partial charge in [0, 0.05) is 19.1 Å². The Morgan fingerprint density at radius 1 is 1.31 bits per heavy atom. The summed E-state index contributed by atoms with van der Waals surface area (Å²) in [6, 6.07) is 0.441. The van der Waals surface area contributed by atoms with E-state index < -0.39 is 0 Å². The zero-order valence-electron chi connectivity index (χ0n) is 11.3. The first kappa shape index (κ1) is 13.5. The minimum Gasteiger partial charge on any atom is -0.341 e. The van der Waals surface area contributed by atoms with Crippen molar-refractivity contribution in [3.05, 3.63) is 0 Å². The van der Waals surface area contributed by atoms with E-state index in [9.17, 15) is 4.79 Å². The van der Waals surface area contributed by atoms with Gasteiger partial charge in [0.2, 0.25) is 5.91 Å². The number of amides is 1. The second-order valence-corrected chi connectivity index (χ2v) is 5.67. The van der Waals surface area contributed by atoms with E-state index in [-0.39, 0.29) is 6.04 Å². The van der Waals surface area contributed by atoms with E-state index in [4.69, 9.17) is 0 Å². The van der Waals surface area contributed by atoms with Crippen LogP contribution in [0.4, 0.5) is 0 Å². The molecule has 1 amide bonds. The highest BCUT2D eigenvalue weighted by Gasteiger charge is 2.32. The molecule has 0 saturated carbocycles. The SMILES string of the molecule is CC(C)NC1CCN(CC(C)C(C)C)C1=O. The van der Waals surface area contributed by atoms with E-state index in [1.807, 2.05) is 4.90 Å². The monoisotopic (exact) mass is 226 g/mol. The van der Waals surface area contributed by atoms with Crippen LogP contribution in [0.1, 0.15) is 41.0 Å². The molecule has 0 aromatic carbocycles. The van der Waals surface area contributed by atoms with Gasteiger partial charge in [0.1, 0.15) is 0 Å². The van der Waals surface area contributed by atoms with Crippen molar-refractivity contribution in [1.82, 2.24) is 10.2 Å². The van der Waals surface area contributed by atoms with Crippen LogP contribution >= 0.6 is 0 Å². The normalized spacial score (nSPS) is 23.6. The molecule has 2 unspecified atom stereocenters. The minimum absolute atomic E-state index is 0.0550. The van der Waals surface area contributed by atoms with Crippen molar-refractivity contribution in [1.29, 1.82) is 0 Å². The number of likely N-dealkylation sites (tertiary alicyclic amines) is 1. The van der Waals surface area contributed by atoms with Crippen molar-refractivity contribution in [3.63, 3.8) is 0 Å². The summed E-state index contributed by atoms with van der Waals surface area (Å²) in [6.45, 7) is 12.7. The maximum Gasteiger partial charge on any atom is 0.239 e. The highest BCUT2D eigenvalue weighted by Crippen LogP contribution is 2.17. The van der Waals surface area contributed by atoms with Gasteiger partial charge in [-0.1, -0.05) is 34.6 Å². The fourth-order valence-electron chi connectivity index (χ4n) is 2.04. The molecule has 2 atom stereocenters. The van der Waals surface area contributed by atoms with Crippen molar-refractivity contribution in [2.75, 3.05) is 13.1 Å². The van der Waals surface area contributed by atoms with Crippen LogP contribution in [-0.4, -0.2) is 36.0 Å². The molecule has 3 nitrogen and oxygen atoms in total. The average molecular weight is 226 g/mol. The molecule has 0 aromatic rings. The van der Waals surface area contributed by atoms with Crippen molar-refractivity contribution in [2.24, 2.45) is 11.8 Å². The van der Waals surface area contributed by atoms with Crippen LogP contribution in [0.15, 0.2) is 0 Å². The van der Waals surface area contributed by atoms with Crippen LogP contribution in [0.5, 0.6) is 0 Å². The molecule has 1 N–H and O–H groups in total. The Balaban J connectivity index is 2.45. The lowest BCUT2D eigenvalue weighted by molar-refractivity contribution is -0.130. The number of nitrogens with one attached hydrogen (secondary N) is 1. The molecule has 0 aliphatic carbocycles. The topological polar surface area (TPSA) is 32.3 Å². The third-order valence-electron chi connectivity index (χ3n) is 3.48. The van der Waals surface area contributed by atoms with Crippen molar-refractivity contribution in [2.45, 2.75) is 53.1 Å². The summed E-state index contributed by atoms with van der Waals surface area (Å²) in [5.41, 5.74) is 0. The van der Waals surface area contributed by atoms with Crippen LogP contribution in [0.2, 0.25) is 0 Å². The molecule has 0 aromatic heterocycles. The molecular formula is C13H26N2O. The number of carbonyl (C=O) groups is 1. The first-order valence-electron chi connectivity index (χ1n) is 6.46. The van der Waals surface area contributed by atoms with Crippen LogP contribution in [0.3, 0.4) is 0 Å². The predicted octanol–water partition coefficient (Wildman–Crippen LogP) is 1.88. The fraction of sp³-hybridized carbons (Fsp3) is 0.923. The molecule has 1 aliphatic rings. The van der Waals surface area contributed by atoms with Gasteiger partial charge < -0.3 is 10.2 Å². The van der Waals surface area contributed by atoms with Gasteiger partial charge in [0.05, 0.1) is 6.04 Å². The van der Waals surface area contributed by atoms with Crippen molar-refractivity contribution < 1.29 is 4.79 Å². The summed E-state index contributed by atoms with van der Waals surface area (Å²) < 4.78 is 0. The predicted molar refractivity (Wildman–Crippen MR) is 67.3 cm³/mol. The Bertz CT molecular complexity index is 238. The van der Waals surface area contributed by atoms with Gasteiger partial charge >= 0.3 is 0 Å². The Kier molecular flexibility index (Phi) is 4.78. The van der Waals surface area contributed by atoms with Gasteiger partial charge in [0.15, 0.2) is 0 Å². The van der Waals surface area contributed by atoms with Gasteiger partial charge in [-0.3, -0.25) is 4.79 Å². The zero-order valence-corrected chi connectivity index (χ0v) is 11.3. The van der Waals surface area contributed by atoms with Crippen LogP contribution in [0, 0.1) is 11.8 Å². The van der Waals surface area contributed by atoms with Crippen LogP contribution < -0.4 is 5.32 Å². The van der Waals surface area contributed by atoms with Crippen molar-refractivity contribution >= 4 is 5.91 Å². The smallest absolute Gasteiger partial charge is 0.239 e. The molecule has 94 valence electrons. The molecular weight excluding hydrogens is 200 g/mol. The molecule has 1 fully saturated rings. The quantitative estimate of drug-likeness (QED) is 0.776. The van der Waals surface area contributed by atoms with Gasteiger partial charge in [-0.25, -0.2) is 0 Å². The molecule has 16 heavy (non-hydrogen) atoms. The molecule has 0 spiro atoms. The third-order valence-corrected chi connectivity index (χ3v) is 3.48. The minimum atomic E-state index is 0.0550. The number of hydrogen-bond acceptors (Lipinski definition) is 2. The van der Waals surface area contributed by atoms with E-state index in [1.165, 1.54) is 0 Å². The summed E-state index contributed by atoms with van der Waals surface area (Å²) in [7, 11) is 0. The maximum absolute atomic E-state index is 12.1. The van der Waals surface area contributed by atoms with Crippen molar-refractivity contribution in [3.8, 4) is 0 Å². The van der Waals surface area contributed by atoms with Crippen LogP contribution in [-0.2, 0) is 4.79 Å². The summed E-state index contributed by atoms with van der Waals surface area (Å²) >= 11 is 0. The first-order valence-corrected chi connectivity index (χ1v) is 6.46. The molecule has 3 heteroatoms. The van der Waals surface area contributed by atoms with E-state index in [1.54, 1.807) is 0 Å². The van der Waals surface area contributed by atoms with Gasteiger partial charge in [0.25, 0.3) is 0 Å². The maximum atomic E-state index is 12.1. The Morgan fingerprint density at radius 2 is 1.94 bits per heavy atom. The van der Waals surface area contributed by atoms with E-state index >= 15 is 0 Å². The summed E-state index contributed by atoms with van der Waals surface area (Å²) in [5, 5.41) is 3.33. The molecule has 0 radical (unpaired) electrons. The molecule has 1 heterocycles. The highest BCUT2D eigenvalue weighted by molar-refractivity contribution is 5.84. The lowest BCUT2D eigenvalue weighted by Crippen LogP contribution is -2.42. The number of hydrogen-bond donors (Lipinski definition) is 1. The molecule has 0 bridgehead atoms. The number of carbonyl (C=O) groups excluding carboxylic acids is 1. The lowest BCUT2D eigenvalue weighted by atomic mass is 9.98. The average Bonchev–Trinajstić information content (AvgIpc) is 2.49.